The molecule has 0 saturated carbocycles. The maximum absolute atomic E-state index is 6.29. The number of nitrogens with zero attached hydrogens (tertiary/aromatic N) is 3. The second kappa shape index (κ2) is 5.78. The number of benzene rings is 1. The number of halogens is 2. The van der Waals surface area contributed by atoms with Crippen LogP contribution in [0.5, 0.6) is 0 Å². The lowest BCUT2D eigenvalue weighted by Gasteiger charge is -2.10. The van der Waals surface area contributed by atoms with Crippen molar-refractivity contribution in [1.29, 1.82) is 0 Å². The Labute approximate surface area is 137 Å². The van der Waals surface area contributed by atoms with Crippen molar-refractivity contribution >= 4 is 38.7 Å². The number of aromatic nitrogens is 3. The molecule has 5 heteroatoms. The summed E-state index contributed by atoms with van der Waals surface area (Å²) in [5.41, 5.74) is 4.07. The third-order valence-electron chi connectivity index (χ3n) is 3.36. The van der Waals surface area contributed by atoms with Crippen molar-refractivity contribution in [2.45, 2.75) is 25.8 Å². The molecule has 1 unspecified atom stereocenters. The van der Waals surface area contributed by atoms with E-state index >= 15 is 0 Å². The van der Waals surface area contributed by atoms with Gasteiger partial charge in [0.2, 0.25) is 0 Å². The number of fused-ring (bicyclic) bond motifs is 1. The third-order valence-corrected chi connectivity index (χ3v) is 4.08. The van der Waals surface area contributed by atoms with E-state index in [2.05, 4.69) is 42.6 Å². The van der Waals surface area contributed by atoms with E-state index in [1.165, 1.54) is 5.56 Å². The summed E-state index contributed by atoms with van der Waals surface area (Å²) in [5.74, 6) is 0.854. The van der Waals surface area contributed by atoms with Gasteiger partial charge in [-0.25, -0.2) is 9.97 Å². The molecule has 0 saturated heterocycles. The molecule has 3 nitrogen and oxygen atoms in total. The highest BCUT2D eigenvalue weighted by Gasteiger charge is 2.16. The fraction of sp³-hybridized carbons (Fsp3) is 0.250. The van der Waals surface area contributed by atoms with Gasteiger partial charge < -0.3 is 4.57 Å². The Kier molecular flexibility index (Phi) is 4.00. The van der Waals surface area contributed by atoms with Crippen LogP contribution in [0.25, 0.3) is 11.2 Å². The average Bonchev–Trinajstić information content (AvgIpc) is 2.79. The summed E-state index contributed by atoms with van der Waals surface area (Å²) in [6.07, 6.45) is 1.87. The molecule has 0 N–H and O–H groups in total. The highest BCUT2D eigenvalue weighted by atomic mass is 79.9. The first-order valence-corrected chi connectivity index (χ1v) is 7.99. The topological polar surface area (TPSA) is 30.7 Å². The molecule has 0 bridgehead atoms. The lowest BCUT2D eigenvalue weighted by molar-refractivity contribution is 0.736. The largest absolute Gasteiger partial charge is 0.307 e. The third kappa shape index (κ3) is 2.97. The van der Waals surface area contributed by atoms with Crippen LogP contribution in [0.3, 0.4) is 0 Å². The second-order valence-corrected chi connectivity index (χ2v) is 6.72. The molecule has 2 heterocycles. The molecule has 0 aliphatic heterocycles. The molecule has 0 radical (unpaired) electrons. The van der Waals surface area contributed by atoms with Gasteiger partial charge in [0, 0.05) is 10.7 Å². The maximum Gasteiger partial charge on any atom is 0.160 e. The summed E-state index contributed by atoms with van der Waals surface area (Å²) >= 11 is 9.75. The molecular weight excluding hydrogens is 350 g/mol. The van der Waals surface area contributed by atoms with Gasteiger partial charge >= 0.3 is 0 Å². The first-order chi connectivity index (χ1) is 10.0. The molecule has 0 amide bonds. The van der Waals surface area contributed by atoms with Crippen LogP contribution in [-0.2, 0) is 6.54 Å². The number of hydrogen-bond donors (Lipinski definition) is 0. The monoisotopic (exact) mass is 363 g/mol. The summed E-state index contributed by atoms with van der Waals surface area (Å²) < 4.78 is 3.16. The molecule has 0 aliphatic rings. The average molecular weight is 365 g/mol. The van der Waals surface area contributed by atoms with Crippen LogP contribution >= 0.6 is 27.5 Å². The zero-order chi connectivity index (χ0) is 15.0. The fourth-order valence-corrected chi connectivity index (χ4v) is 2.79. The van der Waals surface area contributed by atoms with E-state index in [0.717, 1.165) is 27.0 Å². The smallest absolute Gasteiger partial charge is 0.160 e. The number of aryl methyl sites for hydroxylation is 1. The molecule has 2 aromatic heterocycles. The van der Waals surface area contributed by atoms with Crippen LogP contribution in [0.2, 0.25) is 0 Å². The van der Waals surface area contributed by atoms with Crippen LogP contribution in [0.4, 0.5) is 0 Å². The highest BCUT2D eigenvalue weighted by molar-refractivity contribution is 9.10. The predicted octanol–water partition coefficient (Wildman–Crippen LogP) is 4.85. The van der Waals surface area contributed by atoms with E-state index in [-0.39, 0.29) is 5.38 Å². The number of hydrogen-bond acceptors (Lipinski definition) is 2. The van der Waals surface area contributed by atoms with Gasteiger partial charge in [-0.3, -0.25) is 0 Å². The van der Waals surface area contributed by atoms with Gasteiger partial charge in [-0.2, -0.15) is 0 Å². The van der Waals surface area contributed by atoms with Gasteiger partial charge in [0.15, 0.2) is 5.65 Å². The minimum atomic E-state index is -0.157. The quantitative estimate of drug-likeness (QED) is 0.622. The summed E-state index contributed by atoms with van der Waals surface area (Å²) in [5, 5.41) is -0.157. The lowest BCUT2D eigenvalue weighted by atomic mass is 10.2. The van der Waals surface area contributed by atoms with E-state index in [1.807, 2.05) is 38.2 Å². The van der Waals surface area contributed by atoms with Crippen molar-refractivity contribution in [3.05, 3.63) is 58.0 Å². The van der Waals surface area contributed by atoms with Crippen LogP contribution in [-0.4, -0.2) is 14.5 Å². The number of alkyl halides is 1. The van der Waals surface area contributed by atoms with Gasteiger partial charge in [0.05, 0.1) is 11.9 Å². The molecule has 1 atom stereocenters. The van der Waals surface area contributed by atoms with Crippen molar-refractivity contribution in [2.75, 3.05) is 0 Å². The Bertz CT molecular complexity index is 778. The molecule has 0 fully saturated rings. The molecule has 0 spiro atoms. The Morgan fingerprint density at radius 1 is 1.29 bits per heavy atom. The molecule has 0 aliphatic carbocycles. The lowest BCUT2D eigenvalue weighted by Crippen LogP contribution is -2.06. The summed E-state index contributed by atoms with van der Waals surface area (Å²) in [7, 11) is 0. The minimum Gasteiger partial charge on any atom is -0.307 e. The zero-order valence-electron chi connectivity index (χ0n) is 11.8. The van der Waals surface area contributed by atoms with E-state index in [0.29, 0.717) is 6.54 Å². The molecule has 1 aromatic carbocycles. The van der Waals surface area contributed by atoms with Crippen LogP contribution in [0.1, 0.15) is 29.3 Å². The SMILES string of the molecule is Cc1cnc2c(c1)nc(C(C)Cl)n2Cc1ccc(Br)cc1. The van der Waals surface area contributed by atoms with E-state index in [4.69, 9.17) is 11.6 Å². The molecule has 3 aromatic rings. The standard InChI is InChI=1S/C16H15BrClN3/c1-10-7-14-16(19-8-10)21(15(20-14)11(2)18)9-12-3-5-13(17)6-4-12/h3-8,11H,9H2,1-2H3. The molecule has 108 valence electrons. The first kappa shape index (κ1) is 14.5. The van der Waals surface area contributed by atoms with Gasteiger partial charge in [-0.1, -0.05) is 28.1 Å². The van der Waals surface area contributed by atoms with Crippen molar-refractivity contribution < 1.29 is 0 Å². The summed E-state index contributed by atoms with van der Waals surface area (Å²) in [6, 6.07) is 10.3. The predicted molar refractivity (Wildman–Crippen MR) is 89.8 cm³/mol. The van der Waals surface area contributed by atoms with Crippen molar-refractivity contribution in [3.8, 4) is 0 Å². The fourth-order valence-electron chi connectivity index (χ4n) is 2.36. The maximum atomic E-state index is 6.29. The van der Waals surface area contributed by atoms with E-state index in [9.17, 15) is 0 Å². The highest BCUT2D eigenvalue weighted by Crippen LogP contribution is 2.25. The van der Waals surface area contributed by atoms with Crippen molar-refractivity contribution in [2.24, 2.45) is 0 Å². The number of pyridine rings is 1. The van der Waals surface area contributed by atoms with Crippen LogP contribution < -0.4 is 0 Å². The van der Waals surface area contributed by atoms with Crippen LogP contribution in [0, 0.1) is 6.92 Å². The van der Waals surface area contributed by atoms with Gasteiger partial charge in [0.25, 0.3) is 0 Å². The van der Waals surface area contributed by atoms with Gasteiger partial charge in [-0.05, 0) is 43.2 Å². The normalized spacial score (nSPS) is 12.8. The Morgan fingerprint density at radius 2 is 2.00 bits per heavy atom. The van der Waals surface area contributed by atoms with Gasteiger partial charge in [0.1, 0.15) is 11.3 Å². The van der Waals surface area contributed by atoms with Crippen molar-refractivity contribution in [1.82, 2.24) is 14.5 Å². The molecular formula is C16H15BrClN3. The molecule has 3 rings (SSSR count). The van der Waals surface area contributed by atoms with E-state index in [1.54, 1.807) is 0 Å². The minimum absolute atomic E-state index is 0.157. The Balaban J connectivity index is 2.10. The Hall–Kier alpha value is -1.39. The number of imidazole rings is 1. The zero-order valence-corrected chi connectivity index (χ0v) is 14.2. The number of rotatable bonds is 3. The molecule has 21 heavy (non-hydrogen) atoms. The van der Waals surface area contributed by atoms with Gasteiger partial charge in [-0.15, -0.1) is 11.6 Å². The summed E-state index contributed by atoms with van der Waals surface area (Å²) in [6.45, 7) is 4.67. The first-order valence-electron chi connectivity index (χ1n) is 6.76. The second-order valence-electron chi connectivity index (χ2n) is 5.15. The summed E-state index contributed by atoms with van der Waals surface area (Å²) in [4.78, 5) is 9.18. The van der Waals surface area contributed by atoms with E-state index < -0.39 is 0 Å². The van der Waals surface area contributed by atoms with Crippen LogP contribution in [0.15, 0.2) is 41.0 Å². The van der Waals surface area contributed by atoms with Crippen molar-refractivity contribution in [3.63, 3.8) is 0 Å². The Morgan fingerprint density at radius 3 is 2.67 bits per heavy atom.